The molecular formula is C15H14FN3. The van der Waals surface area contributed by atoms with E-state index in [2.05, 4.69) is 11.1 Å². The lowest BCUT2D eigenvalue weighted by Gasteiger charge is -2.14. The van der Waals surface area contributed by atoms with Crippen LogP contribution in [0.25, 0.3) is 11.1 Å². The van der Waals surface area contributed by atoms with Crippen molar-refractivity contribution in [3.63, 3.8) is 0 Å². The first-order chi connectivity index (χ1) is 9.08. The van der Waals surface area contributed by atoms with Crippen LogP contribution in [0.5, 0.6) is 0 Å². The second-order valence-electron chi connectivity index (χ2n) is 4.29. The molecule has 0 bridgehead atoms. The van der Waals surface area contributed by atoms with Crippen molar-refractivity contribution in [1.82, 2.24) is 4.98 Å². The summed E-state index contributed by atoms with van der Waals surface area (Å²) in [5.41, 5.74) is 9.17. The number of halogens is 1. The van der Waals surface area contributed by atoms with Crippen LogP contribution < -0.4 is 5.73 Å². The molecule has 0 aliphatic rings. The summed E-state index contributed by atoms with van der Waals surface area (Å²) in [4.78, 5) is 4.19. The molecule has 0 radical (unpaired) electrons. The number of rotatable bonds is 2. The predicted octanol–water partition coefficient (Wildman–Crippen LogP) is 3.21. The Morgan fingerprint density at radius 2 is 2.16 bits per heavy atom. The Hall–Kier alpha value is -2.41. The lowest BCUT2D eigenvalue weighted by molar-refractivity contribution is 0.628. The standard InChI is InChI=1S/C15H14FN3/c1-3-12-9(2)19-15(18)13(8-17)14(12)10-5-4-6-11(16)7-10/h4-7H,3H2,1-2H3,(H2,18,19). The quantitative estimate of drug-likeness (QED) is 0.896. The molecule has 96 valence electrons. The summed E-state index contributed by atoms with van der Waals surface area (Å²) >= 11 is 0. The van der Waals surface area contributed by atoms with Crippen molar-refractivity contribution in [3.05, 3.63) is 46.9 Å². The minimum atomic E-state index is -0.337. The zero-order valence-electron chi connectivity index (χ0n) is 10.9. The Morgan fingerprint density at radius 1 is 1.42 bits per heavy atom. The average Bonchev–Trinajstić information content (AvgIpc) is 2.38. The molecule has 1 aromatic heterocycles. The van der Waals surface area contributed by atoms with Gasteiger partial charge in [-0.2, -0.15) is 5.26 Å². The fourth-order valence-corrected chi connectivity index (χ4v) is 2.27. The van der Waals surface area contributed by atoms with E-state index in [0.29, 0.717) is 23.1 Å². The second kappa shape index (κ2) is 5.07. The number of nitrogens with two attached hydrogens (primary N) is 1. The minimum Gasteiger partial charge on any atom is -0.383 e. The maximum atomic E-state index is 13.4. The summed E-state index contributed by atoms with van der Waals surface area (Å²) < 4.78 is 13.4. The Kier molecular flexibility index (Phi) is 3.48. The second-order valence-corrected chi connectivity index (χ2v) is 4.29. The van der Waals surface area contributed by atoms with Gasteiger partial charge in [0.2, 0.25) is 0 Å². The van der Waals surface area contributed by atoms with Crippen LogP contribution in [-0.2, 0) is 6.42 Å². The normalized spacial score (nSPS) is 10.2. The lowest BCUT2D eigenvalue weighted by Crippen LogP contribution is -2.05. The van der Waals surface area contributed by atoms with Crippen LogP contribution in [0, 0.1) is 24.1 Å². The van der Waals surface area contributed by atoms with Gasteiger partial charge in [0.05, 0.1) is 0 Å². The molecule has 0 saturated heterocycles. The molecule has 2 N–H and O–H groups in total. The van der Waals surface area contributed by atoms with E-state index in [-0.39, 0.29) is 11.6 Å². The molecule has 0 aliphatic heterocycles. The van der Waals surface area contributed by atoms with Crippen molar-refractivity contribution >= 4 is 5.82 Å². The van der Waals surface area contributed by atoms with Crippen LogP contribution in [0.1, 0.15) is 23.7 Å². The number of nitrogen functional groups attached to an aromatic ring is 1. The van der Waals surface area contributed by atoms with Gasteiger partial charge in [-0.05, 0) is 36.6 Å². The Morgan fingerprint density at radius 3 is 2.74 bits per heavy atom. The number of hydrogen-bond donors (Lipinski definition) is 1. The number of pyridine rings is 1. The van der Waals surface area contributed by atoms with E-state index in [1.165, 1.54) is 12.1 Å². The summed E-state index contributed by atoms with van der Waals surface area (Å²) in [6.45, 7) is 3.82. The number of aryl methyl sites for hydroxylation is 1. The highest BCUT2D eigenvalue weighted by atomic mass is 19.1. The van der Waals surface area contributed by atoms with Crippen molar-refractivity contribution in [2.75, 3.05) is 5.73 Å². The van der Waals surface area contributed by atoms with Gasteiger partial charge in [-0.3, -0.25) is 0 Å². The molecule has 4 heteroatoms. The maximum absolute atomic E-state index is 13.4. The summed E-state index contributed by atoms with van der Waals surface area (Å²) in [6.07, 6.45) is 0.708. The molecule has 1 aromatic carbocycles. The third-order valence-electron chi connectivity index (χ3n) is 3.11. The van der Waals surface area contributed by atoms with E-state index >= 15 is 0 Å². The van der Waals surface area contributed by atoms with Crippen LogP contribution in [0.15, 0.2) is 24.3 Å². The Bertz CT molecular complexity index is 672. The van der Waals surface area contributed by atoms with Gasteiger partial charge >= 0.3 is 0 Å². The van der Waals surface area contributed by atoms with Gasteiger partial charge in [0.15, 0.2) is 0 Å². The number of benzene rings is 1. The Labute approximate surface area is 111 Å². The van der Waals surface area contributed by atoms with Crippen molar-refractivity contribution in [3.8, 4) is 17.2 Å². The van der Waals surface area contributed by atoms with Gasteiger partial charge < -0.3 is 5.73 Å². The van der Waals surface area contributed by atoms with Gasteiger partial charge in [0.1, 0.15) is 23.3 Å². The topological polar surface area (TPSA) is 62.7 Å². The van der Waals surface area contributed by atoms with E-state index in [4.69, 9.17) is 5.73 Å². The summed E-state index contributed by atoms with van der Waals surface area (Å²) in [5, 5.41) is 9.28. The zero-order valence-corrected chi connectivity index (χ0v) is 10.9. The fourth-order valence-electron chi connectivity index (χ4n) is 2.27. The average molecular weight is 255 g/mol. The SMILES string of the molecule is CCc1c(C)nc(N)c(C#N)c1-c1cccc(F)c1. The van der Waals surface area contributed by atoms with Crippen LogP contribution in [-0.4, -0.2) is 4.98 Å². The molecule has 0 saturated carbocycles. The monoisotopic (exact) mass is 255 g/mol. The molecule has 0 amide bonds. The van der Waals surface area contributed by atoms with Gasteiger partial charge in [0, 0.05) is 11.3 Å². The van der Waals surface area contributed by atoms with Crippen LogP contribution in [0.4, 0.5) is 10.2 Å². The molecule has 3 nitrogen and oxygen atoms in total. The highest BCUT2D eigenvalue weighted by Gasteiger charge is 2.17. The van der Waals surface area contributed by atoms with Crippen LogP contribution >= 0.6 is 0 Å². The highest BCUT2D eigenvalue weighted by Crippen LogP contribution is 2.32. The fraction of sp³-hybridized carbons (Fsp3) is 0.200. The number of nitriles is 1. The third-order valence-corrected chi connectivity index (χ3v) is 3.11. The number of anilines is 1. The highest BCUT2D eigenvalue weighted by molar-refractivity contribution is 5.79. The van der Waals surface area contributed by atoms with Crippen LogP contribution in [0.3, 0.4) is 0 Å². The largest absolute Gasteiger partial charge is 0.383 e. The van der Waals surface area contributed by atoms with E-state index in [0.717, 1.165) is 11.3 Å². The molecule has 0 fully saturated rings. The van der Waals surface area contributed by atoms with Gasteiger partial charge in [-0.1, -0.05) is 19.1 Å². The van der Waals surface area contributed by atoms with Crippen LogP contribution in [0.2, 0.25) is 0 Å². The van der Waals surface area contributed by atoms with Gasteiger partial charge in [0.25, 0.3) is 0 Å². The van der Waals surface area contributed by atoms with Crippen molar-refractivity contribution in [1.29, 1.82) is 5.26 Å². The first-order valence-electron chi connectivity index (χ1n) is 6.03. The van der Waals surface area contributed by atoms with Crippen molar-refractivity contribution < 1.29 is 4.39 Å². The molecule has 2 rings (SSSR count). The maximum Gasteiger partial charge on any atom is 0.142 e. The van der Waals surface area contributed by atoms with E-state index in [1.807, 2.05) is 13.8 Å². The van der Waals surface area contributed by atoms with E-state index < -0.39 is 0 Å². The van der Waals surface area contributed by atoms with Gasteiger partial charge in [-0.15, -0.1) is 0 Å². The molecule has 2 aromatic rings. The summed E-state index contributed by atoms with van der Waals surface area (Å²) in [6, 6.07) is 8.26. The van der Waals surface area contributed by atoms with Crippen molar-refractivity contribution in [2.24, 2.45) is 0 Å². The minimum absolute atomic E-state index is 0.191. The summed E-state index contributed by atoms with van der Waals surface area (Å²) in [7, 11) is 0. The molecule has 0 spiro atoms. The zero-order chi connectivity index (χ0) is 14.0. The number of aromatic nitrogens is 1. The number of hydrogen-bond acceptors (Lipinski definition) is 3. The molecular weight excluding hydrogens is 241 g/mol. The molecule has 0 atom stereocenters. The molecule has 1 heterocycles. The smallest absolute Gasteiger partial charge is 0.142 e. The summed E-state index contributed by atoms with van der Waals surface area (Å²) in [5.74, 6) is -0.145. The number of nitrogens with zero attached hydrogens (tertiary/aromatic N) is 2. The third kappa shape index (κ3) is 2.27. The molecule has 19 heavy (non-hydrogen) atoms. The lowest BCUT2D eigenvalue weighted by atomic mass is 9.93. The van der Waals surface area contributed by atoms with E-state index in [9.17, 15) is 9.65 Å². The molecule has 0 aliphatic carbocycles. The van der Waals surface area contributed by atoms with E-state index in [1.54, 1.807) is 12.1 Å². The van der Waals surface area contributed by atoms with Crippen molar-refractivity contribution in [2.45, 2.75) is 20.3 Å². The first kappa shape index (κ1) is 13.0. The Balaban J connectivity index is 2.84. The van der Waals surface area contributed by atoms with Gasteiger partial charge in [-0.25, -0.2) is 9.37 Å². The first-order valence-corrected chi connectivity index (χ1v) is 6.03. The molecule has 0 unspecified atom stereocenters. The predicted molar refractivity (Wildman–Crippen MR) is 72.9 cm³/mol.